The summed E-state index contributed by atoms with van der Waals surface area (Å²) < 4.78 is 0.748. The highest BCUT2D eigenvalue weighted by Crippen LogP contribution is 2.37. The third-order valence-electron chi connectivity index (χ3n) is 4.31. The predicted molar refractivity (Wildman–Crippen MR) is 102 cm³/mol. The molecular weight excluding hydrogens is 372 g/mol. The van der Waals surface area contributed by atoms with Gasteiger partial charge in [0.15, 0.2) is 4.34 Å². The molecular formula is C17H20N4O3S2. The van der Waals surface area contributed by atoms with E-state index in [4.69, 9.17) is 0 Å². The minimum atomic E-state index is -0.438. The second-order valence-electron chi connectivity index (χ2n) is 6.18. The Morgan fingerprint density at radius 2 is 2.31 bits per heavy atom. The van der Waals surface area contributed by atoms with E-state index in [2.05, 4.69) is 10.3 Å². The second kappa shape index (κ2) is 8.15. The van der Waals surface area contributed by atoms with Crippen molar-refractivity contribution in [2.24, 2.45) is 0 Å². The largest absolute Gasteiger partial charge is 0.337 e. The van der Waals surface area contributed by atoms with Gasteiger partial charge in [0, 0.05) is 41.8 Å². The number of thiazole rings is 1. The Bertz CT molecular complexity index is 824. The van der Waals surface area contributed by atoms with E-state index in [0.717, 1.165) is 22.9 Å². The molecule has 2 heterocycles. The van der Waals surface area contributed by atoms with E-state index in [9.17, 15) is 14.9 Å². The molecule has 0 radical (unpaired) electrons. The fourth-order valence-electron chi connectivity index (χ4n) is 2.93. The van der Waals surface area contributed by atoms with E-state index in [1.54, 1.807) is 17.0 Å². The molecule has 1 saturated heterocycles. The van der Waals surface area contributed by atoms with Crippen LogP contribution in [0.1, 0.15) is 28.9 Å². The summed E-state index contributed by atoms with van der Waals surface area (Å²) in [7, 11) is 1.88. The summed E-state index contributed by atoms with van der Waals surface area (Å²) in [6, 6.07) is 4.97. The monoisotopic (exact) mass is 392 g/mol. The van der Waals surface area contributed by atoms with Gasteiger partial charge < -0.3 is 10.2 Å². The zero-order chi connectivity index (χ0) is 18.7. The molecule has 1 aliphatic rings. The molecule has 7 nitrogen and oxygen atoms in total. The summed E-state index contributed by atoms with van der Waals surface area (Å²) in [4.78, 5) is 30.4. The Hall–Kier alpha value is -1.97. The fraction of sp³-hybridized carbons (Fsp3) is 0.412. The molecule has 0 spiro atoms. The third-order valence-corrected chi connectivity index (χ3v) is 6.44. The lowest BCUT2D eigenvalue weighted by Crippen LogP contribution is -2.46. The highest BCUT2D eigenvalue weighted by atomic mass is 32.2. The van der Waals surface area contributed by atoms with Crippen molar-refractivity contribution in [3.8, 4) is 0 Å². The van der Waals surface area contributed by atoms with Crippen molar-refractivity contribution in [3.63, 3.8) is 0 Å². The van der Waals surface area contributed by atoms with Crippen molar-refractivity contribution in [3.05, 3.63) is 45.0 Å². The van der Waals surface area contributed by atoms with E-state index in [-0.39, 0.29) is 17.6 Å². The first-order valence-electron chi connectivity index (χ1n) is 8.33. The van der Waals surface area contributed by atoms with Crippen molar-refractivity contribution in [2.75, 3.05) is 20.1 Å². The van der Waals surface area contributed by atoms with Gasteiger partial charge in [-0.3, -0.25) is 14.9 Å². The zero-order valence-corrected chi connectivity index (χ0v) is 16.2. The van der Waals surface area contributed by atoms with Gasteiger partial charge in [-0.2, -0.15) is 0 Å². The quantitative estimate of drug-likeness (QED) is 0.620. The summed E-state index contributed by atoms with van der Waals surface area (Å²) in [5, 5.41) is 16.6. The van der Waals surface area contributed by atoms with Crippen LogP contribution in [0.5, 0.6) is 0 Å². The zero-order valence-electron chi connectivity index (χ0n) is 14.6. The number of nitrogens with one attached hydrogen (secondary N) is 1. The number of likely N-dealkylation sites (N-methyl/N-ethyl adjacent to an activating group) is 1. The highest BCUT2D eigenvalue weighted by molar-refractivity contribution is 8.01. The highest BCUT2D eigenvalue weighted by Gasteiger charge is 2.26. The van der Waals surface area contributed by atoms with E-state index < -0.39 is 4.92 Å². The summed E-state index contributed by atoms with van der Waals surface area (Å²) in [6.07, 6.45) is 1.96. The SMILES string of the molecule is CNC1CCCN(C(=O)c2ccc(Sc3nc(C)cs3)c([N+](=O)[O-])c2)C1. The van der Waals surface area contributed by atoms with Gasteiger partial charge in [0.05, 0.1) is 9.82 Å². The van der Waals surface area contributed by atoms with Gasteiger partial charge in [-0.25, -0.2) is 4.98 Å². The van der Waals surface area contributed by atoms with Gasteiger partial charge in [0.2, 0.25) is 0 Å². The number of piperidine rings is 1. The molecule has 1 amide bonds. The number of aryl methyl sites for hydroxylation is 1. The Morgan fingerprint density at radius 1 is 1.50 bits per heavy atom. The van der Waals surface area contributed by atoms with Crippen molar-refractivity contribution < 1.29 is 9.72 Å². The van der Waals surface area contributed by atoms with Crippen molar-refractivity contribution in [1.82, 2.24) is 15.2 Å². The van der Waals surface area contributed by atoms with Gasteiger partial charge in [0.1, 0.15) is 0 Å². The molecule has 26 heavy (non-hydrogen) atoms. The number of likely N-dealkylation sites (tertiary alicyclic amines) is 1. The molecule has 138 valence electrons. The number of aromatic nitrogens is 1. The molecule has 9 heteroatoms. The average Bonchev–Trinajstić information content (AvgIpc) is 3.06. The molecule has 0 bridgehead atoms. The van der Waals surface area contributed by atoms with Crippen LogP contribution in [0.2, 0.25) is 0 Å². The molecule has 1 fully saturated rings. The van der Waals surface area contributed by atoms with Crippen LogP contribution in [0.4, 0.5) is 5.69 Å². The van der Waals surface area contributed by atoms with Gasteiger partial charge >= 0.3 is 0 Å². The van der Waals surface area contributed by atoms with Crippen LogP contribution >= 0.6 is 23.1 Å². The number of carbonyl (C=O) groups excluding carboxylic acids is 1. The summed E-state index contributed by atoms with van der Waals surface area (Å²) in [5.74, 6) is -0.158. The Balaban J connectivity index is 1.83. The molecule has 3 rings (SSSR count). The van der Waals surface area contributed by atoms with E-state index in [1.165, 1.54) is 29.2 Å². The normalized spacial score (nSPS) is 17.3. The molecule has 0 saturated carbocycles. The van der Waals surface area contributed by atoms with Crippen molar-refractivity contribution >= 4 is 34.7 Å². The molecule has 1 aliphatic heterocycles. The minimum Gasteiger partial charge on any atom is -0.337 e. The lowest BCUT2D eigenvalue weighted by atomic mass is 10.0. The number of hydrogen-bond donors (Lipinski definition) is 1. The smallest absolute Gasteiger partial charge is 0.284 e. The third kappa shape index (κ3) is 4.22. The van der Waals surface area contributed by atoms with Crippen molar-refractivity contribution in [1.29, 1.82) is 0 Å². The van der Waals surface area contributed by atoms with E-state index in [1.807, 2.05) is 19.4 Å². The van der Waals surface area contributed by atoms with E-state index in [0.29, 0.717) is 23.5 Å². The number of amides is 1. The maximum absolute atomic E-state index is 12.8. The van der Waals surface area contributed by atoms with Crippen LogP contribution < -0.4 is 5.32 Å². The molecule has 1 aromatic heterocycles. The topological polar surface area (TPSA) is 88.4 Å². The lowest BCUT2D eigenvalue weighted by molar-refractivity contribution is -0.387. The first-order valence-corrected chi connectivity index (χ1v) is 10.0. The van der Waals surface area contributed by atoms with Gasteiger partial charge in [-0.05, 0) is 38.9 Å². The average molecular weight is 393 g/mol. The Kier molecular flexibility index (Phi) is 5.90. The second-order valence-corrected chi connectivity index (χ2v) is 8.32. The standard InChI is InChI=1S/C17H20N4O3S2/c1-11-10-25-17(19-11)26-15-6-5-12(8-14(15)21(23)24)16(22)20-7-3-4-13(9-20)18-2/h5-6,8,10,13,18H,3-4,7,9H2,1-2H3. The number of benzene rings is 1. The maximum Gasteiger partial charge on any atom is 0.284 e. The minimum absolute atomic E-state index is 0.0594. The lowest BCUT2D eigenvalue weighted by Gasteiger charge is -2.32. The van der Waals surface area contributed by atoms with Crippen molar-refractivity contribution in [2.45, 2.75) is 35.0 Å². The number of nitrogens with zero attached hydrogens (tertiary/aromatic N) is 3. The van der Waals surface area contributed by atoms with Gasteiger partial charge in [-0.15, -0.1) is 11.3 Å². The molecule has 1 N–H and O–H groups in total. The molecule has 1 unspecified atom stereocenters. The first kappa shape index (κ1) is 18.8. The number of nitro groups is 1. The van der Waals surface area contributed by atoms with Gasteiger partial charge in [-0.1, -0.05) is 11.8 Å². The Labute approximate surface area is 160 Å². The molecule has 0 aliphatic carbocycles. The fourth-order valence-corrected chi connectivity index (χ4v) is 4.81. The van der Waals surface area contributed by atoms with Crippen LogP contribution in [0.3, 0.4) is 0 Å². The van der Waals surface area contributed by atoms with Crippen LogP contribution in [-0.2, 0) is 0 Å². The van der Waals surface area contributed by atoms with Crippen LogP contribution in [0.25, 0.3) is 0 Å². The molecule has 1 aromatic carbocycles. The number of rotatable bonds is 5. The van der Waals surface area contributed by atoms with Crippen LogP contribution in [0.15, 0.2) is 32.8 Å². The first-order chi connectivity index (χ1) is 12.5. The summed E-state index contributed by atoms with van der Waals surface area (Å²) >= 11 is 2.70. The number of nitro benzene ring substituents is 1. The molecule has 1 atom stereocenters. The predicted octanol–water partition coefficient (Wildman–Crippen LogP) is 3.33. The summed E-state index contributed by atoms with van der Waals surface area (Å²) in [5.41, 5.74) is 1.18. The molecule has 2 aromatic rings. The summed E-state index contributed by atoms with van der Waals surface area (Å²) in [6.45, 7) is 3.19. The maximum atomic E-state index is 12.8. The number of hydrogen-bond acceptors (Lipinski definition) is 7. The Morgan fingerprint density at radius 3 is 2.96 bits per heavy atom. The van der Waals surface area contributed by atoms with Crippen LogP contribution in [0, 0.1) is 17.0 Å². The van der Waals surface area contributed by atoms with Crippen LogP contribution in [-0.4, -0.2) is 46.9 Å². The van der Waals surface area contributed by atoms with E-state index >= 15 is 0 Å². The number of carbonyl (C=O) groups is 1. The van der Waals surface area contributed by atoms with Gasteiger partial charge in [0.25, 0.3) is 11.6 Å².